The summed E-state index contributed by atoms with van der Waals surface area (Å²) in [6.45, 7) is 3.02. The minimum Gasteiger partial charge on any atom is -0.508 e. The van der Waals surface area contributed by atoms with Crippen LogP contribution in [0.5, 0.6) is 11.5 Å². The molecule has 0 radical (unpaired) electrons. The molecule has 0 spiro atoms. The Balaban J connectivity index is 1.79. The minimum atomic E-state index is -4.87. The van der Waals surface area contributed by atoms with Crippen LogP contribution < -0.4 is 15.4 Å². The summed E-state index contributed by atoms with van der Waals surface area (Å²) in [5.74, 6) is -2.16. The molecule has 0 saturated carbocycles. The molecule has 3 N–H and O–H groups in total. The number of amides is 2. The van der Waals surface area contributed by atoms with Gasteiger partial charge in [-0.25, -0.2) is 0 Å². The molecule has 3 unspecified atom stereocenters. The van der Waals surface area contributed by atoms with Crippen molar-refractivity contribution in [3.8, 4) is 11.5 Å². The molecule has 2 aromatic rings. The van der Waals surface area contributed by atoms with Gasteiger partial charge in [0.05, 0.1) is 6.10 Å². The maximum Gasteiger partial charge on any atom is 0.573 e. The quantitative estimate of drug-likeness (QED) is 0.561. The van der Waals surface area contributed by atoms with Crippen LogP contribution >= 0.6 is 0 Å². The Hall–Kier alpha value is -3.60. The smallest absolute Gasteiger partial charge is 0.508 e. The molecule has 2 amide bonds. The maximum absolute atomic E-state index is 13.1. The summed E-state index contributed by atoms with van der Waals surface area (Å²) in [5.41, 5.74) is -0.678. The van der Waals surface area contributed by atoms with Crippen LogP contribution in [0.15, 0.2) is 48.5 Å². The number of Topliss-reactive ketones (excluding diaryl/α,β-unsaturated/α-hetero) is 1. The van der Waals surface area contributed by atoms with Crippen LogP contribution in [0.2, 0.25) is 0 Å². The van der Waals surface area contributed by atoms with E-state index in [-0.39, 0.29) is 30.1 Å². The van der Waals surface area contributed by atoms with E-state index in [1.54, 1.807) is 19.1 Å². The van der Waals surface area contributed by atoms with Crippen molar-refractivity contribution in [1.82, 2.24) is 10.6 Å². The number of rotatable bonds is 7. The number of alkyl halides is 3. The van der Waals surface area contributed by atoms with Crippen molar-refractivity contribution >= 4 is 17.6 Å². The van der Waals surface area contributed by atoms with Gasteiger partial charge in [-0.1, -0.05) is 12.1 Å². The third kappa shape index (κ3) is 6.04. The summed E-state index contributed by atoms with van der Waals surface area (Å²) in [6.07, 6.45) is -5.44. The van der Waals surface area contributed by atoms with Gasteiger partial charge >= 0.3 is 6.36 Å². The van der Waals surface area contributed by atoms with Crippen LogP contribution in [0.4, 0.5) is 13.2 Å². The average Bonchev–Trinajstić information content (AvgIpc) is 3.01. The monoisotopic (exact) mass is 480 g/mol. The molecule has 2 aromatic carbocycles. The van der Waals surface area contributed by atoms with Crippen LogP contribution in [0.3, 0.4) is 0 Å². The lowest BCUT2D eigenvalue weighted by atomic mass is 9.92. The lowest BCUT2D eigenvalue weighted by Crippen LogP contribution is -2.60. The summed E-state index contributed by atoms with van der Waals surface area (Å²) in [7, 11) is 0. The zero-order chi connectivity index (χ0) is 25.1. The Kier molecular flexibility index (Phi) is 7.15. The molecule has 0 aliphatic carbocycles. The largest absolute Gasteiger partial charge is 0.573 e. The SMILES string of the molecule is CC1OCC(=O)C1(C)NC(=O)C(Cc1ccc(O)cc1)NC(=O)c1ccc(OC(F)(F)F)cc1. The number of ketones is 1. The molecule has 1 heterocycles. The predicted octanol–water partition coefficient (Wildman–Crippen LogP) is 2.49. The highest BCUT2D eigenvalue weighted by Crippen LogP contribution is 2.24. The zero-order valence-corrected chi connectivity index (χ0v) is 18.3. The molecule has 1 fully saturated rings. The van der Waals surface area contributed by atoms with E-state index >= 15 is 0 Å². The number of aromatic hydroxyl groups is 1. The number of halogens is 3. The van der Waals surface area contributed by atoms with E-state index in [0.717, 1.165) is 24.3 Å². The van der Waals surface area contributed by atoms with Crippen molar-refractivity contribution in [3.05, 3.63) is 59.7 Å². The normalized spacial score (nSPS) is 21.1. The third-order valence-electron chi connectivity index (χ3n) is 5.59. The first-order chi connectivity index (χ1) is 15.9. The second kappa shape index (κ2) is 9.72. The summed E-state index contributed by atoms with van der Waals surface area (Å²) in [6, 6.07) is 9.06. The molecule has 3 rings (SSSR count). The van der Waals surface area contributed by atoms with Crippen LogP contribution in [0.25, 0.3) is 0 Å². The van der Waals surface area contributed by atoms with Crippen LogP contribution in [-0.2, 0) is 20.7 Å². The first-order valence-electron chi connectivity index (χ1n) is 10.3. The van der Waals surface area contributed by atoms with Gasteiger partial charge in [0.1, 0.15) is 29.7 Å². The molecule has 3 atom stereocenters. The highest BCUT2D eigenvalue weighted by atomic mass is 19.4. The second-order valence-electron chi connectivity index (χ2n) is 8.04. The fourth-order valence-electron chi connectivity index (χ4n) is 3.38. The van der Waals surface area contributed by atoms with Crippen LogP contribution in [0.1, 0.15) is 29.8 Å². The van der Waals surface area contributed by atoms with Gasteiger partial charge in [-0.15, -0.1) is 13.2 Å². The van der Waals surface area contributed by atoms with E-state index < -0.39 is 41.6 Å². The standard InChI is InChI=1S/C23H23F3N2O6/c1-13-22(2,19(30)12-33-13)28-21(32)18(11-14-3-7-16(29)8-4-14)27-20(31)15-5-9-17(10-6-15)34-23(24,25)26/h3-10,13,18,29H,11-12H2,1-2H3,(H,27,31)(H,28,32). The van der Waals surface area contributed by atoms with E-state index in [9.17, 15) is 32.7 Å². The van der Waals surface area contributed by atoms with Gasteiger partial charge in [-0.2, -0.15) is 0 Å². The first-order valence-corrected chi connectivity index (χ1v) is 10.3. The summed E-state index contributed by atoms with van der Waals surface area (Å²) in [4.78, 5) is 38.2. The number of phenols is 1. The predicted molar refractivity (Wildman–Crippen MR) is 113 cm³/mol. The van der Waals surface area contributed by atoms with Gasteiger partial charge < -0.3 is 25.2 Å². The Labute approximate surface area is 193 Å². The van der Waals surface area contributed by atoms with Gasteiger partial charge in [0.2, 0.25) is 5.91 Å². The van der Waals surface area contributed by atoms with Crippen molar-refractivity contribution < 1.29 is 42.1 Å². The van der Waals surface area contributed by atoms with Gasteiger partial charge in [-0.05, 0) is 55.8 Å². The van der Waals surface area contributed by atoms with Crippen molar-refractivity contribution in [2.24, 2.45) is 0 Å². The van der Waals surface area contributed by atoms with E-state index in [1.165, 1.54) is 19.1 Å². The number of hydrogen-bond acceptors (Lipinski definition) is 6. The number of carbonyl (C=O) groups is 3. The van der Waals surface area contributed by atoms with Gasteiger partial charge in [0.15, 0.2) is 5.78 Å². The van der Waals surface area contributed by atoms with Gasteiger partial charge in [-0.3, -0.25) is 14.4 Å². The van der Waals surface area contributed by atoms with E-state index in [0.29, 0.717) is 5.56 Å². The molecule has 8 nitrogen and oxygen atoms in total. The van der Waals surface area contributed by atoms with Crippen molar-refractivity contribution in [3.63, 3.8) is 0 Å². The molecule has 1 saturated heterocycles. The number of carbonyl (C=O) groups excluding carboxylic acids is 3. The number of ether oxygens (including phenoxy) is 2. The minimum absolute atomic E-state index is 0.00196. The van der Waals surface area contributed by atoms with Crippen molar-refractivity contribution in [2.75, 3.05) is 6.61 Å². The molecule has 0 aromatic heterocycles. The Morgan fingerprint density at radius 3 is 2.32 bits per heavy atom. The average molecular weight is 480 g/mol. The Morgan fingerprint density at radius 2 is 1.79 bits per heavy atom. The second-order valence-corrected chi connectivity index (χ2v) is 8.04. The fraction of sp³-hybridized carbons (Fsp3) is 0.348. The molecular weight excluding hydrogens is 457 g/mol. The molecule has 11 heteroatoms. The van der Waals surface area contributed by atoms with Crippen LogP contribution in [-0.4, -0.2) is 53.4 Å². The molecule has 34 heavy (non-hydrogen) atoms. The van der Waals surface area contributed by atoms with Crippen molar-refractivity contribution in [1.29, 1.82) is 0 Å². The third-order valence-corrected chi connectivity index (χ3v) is 5.59. The highest BCUT2D eigenvalue weighted by molar-refractivity contribution is 6.00. The molecule has 1 aliphatic rings. The number of hydrogen-bond donors (Lipinski definition) is 3. The molecule has 0 bridgehead atoms. The summed E-state index contributed by atoms with van der Waals surface area (Å²) in [5, 5.41) is 14.7. The van der Waals surface area contributed by atoms with Gasteiger partial charge in [0.25, 0.3) is 5.91 Å². The Bertz CT molecular complexity index is 1060. The summed E-state index contributed by atoms with van der Waals surface area (Å²) < 4.78 is 46.2. The van der Waals surface area contributed by atoms with Crippen molar-refractivity contribution in [2.45, 2.75) is 44.3 Å². The number of benzene rings is 2. The molecule has 182 valence electrons. The van der Waals surface area contributed by atoms with E-state index in [2.05, 4.69) is 15.4 Å². The zero-order valence-electron chi connectivity index (χ0n) is 18.3. The van der Waals surface area contributed by atoms with E-state index in [4.69, 9.17) is 4.74 Å². The fourth-order valence-corrected chi connectivity index (χ4v) is 3.38. The number of nitrogens with one attached hydrogen (secondary N) is 2. The lowest BCUT2D eigenvalue weighted by Gasteiger charge is -2.30. The Morgan fingerprint density at radius 1 is 1.18 bits per heavy atom. The number of phenolic OH excluding ortho intramolecular Hbond substituents is 1. The lowest BCUT2D eigenvalue weighted by molar-refractivity contribution is -0.274. The van der Waals surface area contributed by atoms with Gasteiger partial charge in [0, 0.05) is 12.0 Å². The molecular formula is C23H23F3N2O6. The van der Waals surface area contributed by atoms with Crippen LogP contribution in [0, 0.1) is 0 Å². The summed E-state index contributed by atoms with van der Waals surface area (Å²) >= 11 is 0. The maximum atomic E-state index is 13.1. The highest BCUT2D eigenvalue weighted by Gasteiger charge is 2.47. The first kappa shape index (κ1) is 25.0. The molecule has 1 aliphatic heterocycles. The van der Waals surface area contributed by atoms with E-state index in [1.807, 2.05) is 0 Å². The topological polar surface area (TPSA) is 114 Å².